The molecular weight excluding hydrogens is 528 g/mol. The summed E-state index contributed by atoms with van der Waals surface area (Å²) in [6.45, 7) is 3.72. The molecule has 5 rings (SSSR count). The largest absolute Gasteiger partial charge is 0.500 e. The number of thioether (sulfide) groups is 1. The number of allylic oxidation sites excluding steroid dienone is 4. The quantitative estimate of drug-likeness (QED) is 0.436. The van der Waals surface area contributed by atoms with Crippen LogP contribution in [-0.4, -0.2) is 70.5 Å². The summed E-state index contributed by atoms with van der Waals surface area (Å²) in [6.07, 6.45) is 7.06. The van der Waals surface area contributed by atoms with Crippen LogP contribution >= 0.6 is 27.7 Å². The van der Waals surface area contributed by atoms with Crippen molar-refractivity contribution in [1.82, 2.24) is 25.2 Å². The Hall–Kier alpha value is -2.76. The molecule has 35 heavy (non-hydrogen) atoms. The molecule has 0 radical (unpaired) electrons. The number of anilines is 4. The summed E-state index contributed by atoms with van der Waals surface area (Å²) in [5.74, 6) is 2.68. The van der Waals surface area contributed by atoms with Gasteiger partial charge in [0.05, 0.1) is 11.9 Å². The number of benzene rings is 1. The van der Waals surface area contributed by atoms with Gasteiger partial charge in [0.25, 0.3) is 0 Å². The zero-order chi connectivity index (χ0) is 24.2. The molecule has 0 saturated carbocycles. The van der Waals surface area contributed by atoms with Crippen LogP contribution in [0.1, 0.15) is 6.42 Å². The van der Waals surface area contributed by atoms with Gasteiger partial charge in [0.2, 0.25) is 17.8 Å². The van der Waals surface area contributed by atoms with Gasteiger partial charge in [0, 0.05) is 43.0 Å². The molecule has 0 spiro atoms. The van der Waals surface area contributed by atoms with E-state index >= 15 is 0 Å². The second-order valence-corrected chi connectivity index (χ2v) is 10.8. The Kier molecular flexibility index (Phi) is 7.45. The summed E-state index contributed by atoms with van der Waals surface area (Å²) in [5.41, 5.74) is 2.11. The predicted octanol–water partition coefficient (Wildman–Crippen LogP) is 3.86. The normalized spacial score (nSPS) is 22.6. The number of methoxy groups -OCH3 is 1. The molecule has 2 aromatic rings. The lowest BCUT2D eigenvalue weighted by Gasteiger charge is -2.32. The number of para-hydroxylation sites is 1. The minimum Gasteiger partial charge on any atom is -0.500 e. The van der Waals surface area contributed by atoms with Gasteiger partial charge in [-0.1, -0.05) is 52.0 Å². The summed E-state index contributed by atoms with van der Waals surface area (Å²) in [6, 6.07) is 9.95. The van der Waals surface area contributed by atoms with Crippen LogP contribution in [0.5, 0.6) is 0 Å². The molecule has 1 aliphatic carbocycles. The highest BCUT2D eigenvalue weighted by Gasteiger charge is 2.26. The SMILES string of the molecule is COC1=CC=C(C2=CNC(Nc3nc(Nc4ccccc4)nc(N4CCN(C)CC4)n3)S2)CC1Br. The fourth-order valence-corrected chi connectivity index (χ4v) is 5.70. The number of ether oxygens (including phenoxy) is 1. The maximum absolute atomic E-state index is 5.42. The molecule has 3 aliphatic rings. The molecular formula is C24H29BrN8OS. The molecule has 1 aromatic carbocycles. The number of piperazine rings is 1. The highest BCUT2D eigenvalue weighted by molar-refractivity contribution is 9.09. The highest BCUT2D eigenvalue weighted by atomic mass is 79.9. The predicted molar refractivity (Wildman–Crippen MR) is 146 cm³/mol. The number of nitrogens with one attached hydrogen (secondary N) is 3. The number of rotatable bonds is 7. The van der Waals surface area contributed by atoms with Crippen LogP contribution in [0.3, 0.4) is 0 Å². The van der Waals surface area contributed by atoms with E-state index in [0.717, 1.165) is 44.0 Å². The number of aromatic nitrogens is 3. The van der Waals surface area contributed by atoms with Gasteiger partial charge >= 0.3 is 0 Å². The van der Waals surface area contributed by atoms with Crippen LogP contribution in [0, 0.1) is 0 Å². The van der Waals surface area contributed by atoms with Gasteiger partial charge in [-0.15, -0.1) is 0 Å². The van der Waals surface area contributed by atoms with E-state index in [-0.39, 0.29) is 10.3 Å². The third-order valence-corrected chi connectivity index (χ3v) is 7.92. The minimum absolute atomic E-state index is 0.0835. The number of hydrogen-bond donors (Lipinski definition) is 3. The molecule has 1 saturated heterocycles. The van der Waals surface area contributed by atoms with Crippen LogP contribution in [-0.2, 0) is 4.74 Å². The molecule has 3 heterocycles. The summed E-state index contributed by atoms with van der Waals surface area (Å²) in [7, 11) is 3.84. The summed E-state index contributed by atoms with van der Waals surface area (Å²) in [4.78, 5) is 20.1. The molecule has 0 bridgehead atoms. The second-order valence-electron chi connectivity index (χ2n) is 8.52. The number of alkyl halides is 1. The van der Waals surface area contributed by atoms with Crippen LogP contribution in [0.15, 0.2) is 64.9 Å². The van der Waals surface area contributed by atoms with Gasteiger partial charge < -0.3 is 30.5 Å². The van der Waals surface area contributed by atoms with Crippen LogP contribution in [0.4, 0.5) is 23.5 Å². The lowest BCUT2D eigenvalue weighted by atomic mass is 10.0. The van der Waals surface area contributed by atoms with E-state index in [1.807, 2.05) is 42.6 Å². The van der Waals surface area contributed by atoms with Crippen molar-refractivity contribution < 1.29 is 4.74 Å². The van der Waals surface area contributed by atoms with E-state index in [0.29, 0.717) is 17.8 Å². The van der Waals surface area contributed by atoms with Crippen LogP contribution in [0.25, 0.3) is 0 Å². The van der Waals surface area contributed by atoms with Gasteiger partial charge in [0.15, 0.2) is 5.50 Å². The first-order chi connectivity index (χ1) is 17.1. The Labute approximate surface area is 218 Å². The summed E-state index contributed by atoms with van der Waals surface area (Å²) in [5, 5.41) is 10.2. The van der Waals surface area contributed by atoms with Crippen molar-refractivity contribution in [1.29, 1.82) is 0 Å². The molecule has 2 aliphatic heterocycles. The van der Waals surface area contributed by atoms with E-state index in [1.54, 1.807) is 18.9 Å². The third-order valence-electron chi connectivity index (χ3n) is 6.02. The standard InChI is InChI=1S/C24H29BrN8OS/c1-32-10-12-33(13-11-32)23-29-21(27-17-6-4-3-5-7-17)28-22(30-23)31-24-26-15-20(35-24)16-8-9-19(34-2)18(25)14-16/h3-9,15,18,24,26H,10-14H2,1-2H3,(H2,27,28,29,30,31). The Bertz CT molecular complexity index is 1130. The lowest BCUT2D eigenvalue weighted by molar-refractivity contribution is 0.280. The van der Waals surface area contributed by atoms with Crippen molar-refractivity contribution in [2.24, 2.45) is 0 Å². The first-order valence-corrected chi connectivity index (χ1v) is 13.4. The zero-order valence-electron chi connectivity index (χ0n) is 19.7. The maximum Gasteiger partial charge on any atom is 0.233 e. The molecule has 11 heteroatoms. The Balaban J connectivity index is 1.31. The van der Waals surface area contributed by atoms with Gasteiger partial charge in [-0.25, -0.2) is 0 Å². The van der Waals surface area contributed by atoms with Crippen LogP contribution in [0.2, 0.25) is 0 Å². The summed E-state index contributed by atoms with van der Waals surface area (Å²) >= 11 is 5.42. The first-order valence-electron chi connectivity index (χ1n) is 11.6. The lowest BCUT2D eigenvalue weighted by Crippen LogP contribution is -2.45. The molecule has 0 amide bonds. The third kappa shape index (κ3) is 5.91. The van der Waals surface area contributed by atoms with E-state index in [9.17, 15) is 0 Å². The summed E-state index contributed by atoms with van der Waals surface area (Å²) < 4.78 is 5.42. The smallest absolute Gasteiger partial charge is 0.233 e. The number of hydrogen-bond acceptors (Lipinski definition) is 10. The number of likely N-dealkylation sites (N-methyl/N-ethyl adjacent to an activating group) is 1. The average molecular weight is 558 g/mol. The Morgan fingerprint density at radius 3 is 2.57 bits per heavy atom. The van der Waals surface area contributed by atoms with Crippen molar-refractivity contribution in [3.05, 3.63) is 64.9 Å². The molecule has 3 N–H and O–H groups in total. The second kappa shape index (κ2) is 10.9. The fraction of sp³-hybridized carbons (Fsp3) is 0.375. The zero-order valence-corrected chi connectivity index (χ0v) is 22.1. The van der Waals surface area contributed by atoms with E-state index in [2.05, 4.69) is 59.8 Å². The Morgan fingerprint density at radius 1 is 1.06 bits per heavy atom. The van der Waals surface area contributed by atoms with Crippen molar-refractivity contribution in [3.8, 4) is 0 Å². The Morgan fingerprint density at radius 2 is 1.83 bits per heavy atom. The van der Waals surface area contributed by atoms with Gasteiger partial charge in [-0.2, -0.15) is 15.0 Å². The van der Waals surface area contributed by atoms with Gasteiger partial charge in [-0.05, 0) is 37.3 Å². The molecule has 1 fully saturated rings. The first kappa shape index (κ1) is 24.0. The minimum atomic E-state index is -0.0835. The van der Waals surface area contributed by atoms with Gasteiger partial charge in [-0.3, -0.25) is 0 Å². The van der Waals surface area contributed by atoms with E-state index in [4.69, 9.17) is 14.7 Å². The van der Waals surface area contributed by atoms with Crippen molar-refractivity contribution in [2.45, 2.75) is 16.7 Å². The number of halogens is 1. The number of nitrogens with zero attached hydrogens (tertiary/aromatic N) is 5. The van der Waals surface area contributed by atoms with Gasteiger partial charge in [0.1, 0.15) is 5.76 Å². The highest BCUT2D eigenvalue weighted by Crippen LogP contribution is 2.38. The van der Waals surface area contributed by atoms with E-state index < -0.39 is 0 Å². The maximum atomic E-state index is 5.42. The monoisotopic (exact) mass is 556 g/mol. The average Bonchev–Trinajstić information content (AvgIpc) is 3.33. The molecule has 2 atom stereocenters. The molecule has 9 nitrogen and oxygen atoms in total. The van der Waals surface area contributed by atoms with Crippen molar-refractivity contribution >= 4 is 51.2 Å². The van der Waals surface area contributed by atoms with E-state index in [1.165, 1.54) is 10.5 Å². The van der Waals surface area contributed by atoms with Crippen LogP contribution < -0.4 is 20.9 Å². The topological polar surface area (TPSA) is 90.5 Å². The van der Waals surface area contributed by atoms with Crippen molar-refractivity contribution in [3.63, 3.8) is 0 Å². The molecule has 184 valence electrons. The molecule has 2 unspecified atom stereocenters. The molecule has 1 aromatic heterocycles. The van der Waals surface area contributed by atoms with Crippen molar-refractivity contribution in [2.75, 3.05) is 55.9 Å². The fourth-order valence-electron chi connectivity index (χ4n) is 4.01.